The van der Waals surface area contributed by atoms with Gasteiger partial charge in [0.15, 0.2) is 0 Å². The Morgan fingerprint density at radius 1 is 1.25 bits per heavy atom. The smallest absolute Gasteiger partial charge is 0.351 e. The quantitative estimate of drug-likeness (QED) is 0.461. The van der Waals surface area contributed by atoms with Crippen LogP contribution in [0.3, 0.4) is 0 Å². The van der Waals surface area contributed by atoms with Crippen molar-refractivity contribution >= 4 is 23.0 Å². The number of anilines is 3. The number of para-hydroxylation sites is 1. The zero-order valence-corrected chi connectivity index (χ0v) is 20.1. The van der Waals surface area contributed by atoms with Gasteiger partial charge in [0.1, 0.15) is 11.6 Å². The summed E-state index contributed by atoms with van der Waals surface area (Å²) in [6.07, 6.45) is 4.05. The fraction of sp³-hybridized carbons (Fsp3) is 0.346. The molecule has 0 saturated heterocycles. The lowest BCUT2D eigenvalue weighted by Gasteiger charge is -2.31. The van der Waals surface area contributed by atoms with Crippen LogP contribution >= 0.6 is 0 Å². The summed E-state index contributed by atoms with van der Waals surface area (Å²) in [4.78, 5) is 24.6. The van der Waals surface area contributed by atoms with Crippen molar-refractivity contribution in [1.82, 2.24) is 24.1 Å². The minimum atomic E-state index is -0.481. The van der Waals surface area contributed by atoms with E-state index in [2.05, 4.69) is 26.4 Å². The summed E-state index contributed by atoms with van der Waals surface area (Å²) in [5.41, 5.74) is 4.11. The van der Waals surface area contributed by atoms with Crippen molar-refractivity contribution in [3.8, 4) is 6.07 Å². The topological polar surface area (TPSA) is 104 Å². The van der Waals surface area contributed by atoms with Crippen molar-refractivity contribution in [2.45, 2.75) is 46.2 Å². The lowest BCUT2D eigenvalue weighted by Crippen LogP contribution is -2.33. The van der Waals surface area contributed by atoms with Crippen LogP contribution in [0, 0.1) is 36.4 Å². The van der Waals surface area contributed by atoms with Crippen molar-refractivity contribution in [2.75, 3.05) is 16.8 Å². The number of rotatable bonds is 5. The van der Waals surface area contributed by atoms with E-state index in [1.54, 1.807) is 24.4 Å². The fourth-order valence-electron chi connectivity index (χ4n) is 4.82. The third-order valence-corrected chi connectivity index (χ3v) is 7.28. The molecule has 1 aliphatic heterocycles. The van der Waals surface area contributed by atoms with Crippen LogP contribution in [-0.2, 0) is 19.5 Å². The Hall–Kier alpha value is -4.26. The molecular formula is C26H25FN8O. The average Bonchev–Trinajstić information content (AvgIpc) is 3.59. The van der Waals surface area contributed by atoms with Crippen molar-refractivity contribution in [3.63, 3.8) is 0 Å². The molecule has 1 fully saturated rings. The van der Waals surface area contributed by atoms with Gasteiger partial charge in [-0.2, -0.15) is 10.2 Å². The second kappa shape index (κ2) is 8.16. The molecule has 1 N–H and O–H groups in total. The van der Waals surface area contributed by atoms with Gasteiger partial charge >= 0.3 is 5.69 Å². The van der Waals surface area contributed by atoms with Crippen LogP contribution in [0.5, 0.6) is 0 Å². The van der Waals surface area contributed by atoms with Crippen molar-refractivity contribution in [1.29, 1.82) is 5.26 Å². The van der Waals surface area contributed by atoms with Gasteiger partial charge in [0.05, 0.1) is 35.6 Å². The molecule has 0 bridgehead atoms. The molecule has 4 aromatic rings. The monoisotopic (exact) mass is 484 g/mol. The van der Waals surface area contributed by atoms with E-state index in [1.807, 2.05) is 19.9 Å². The summed E-state index contributed by atoms with van der Waals surface area (Å²) < 4.78 is 17.0. The summed E-state index contributed by atoms with van der Waals surface area (Å²) >= 11 is 0. The predicted molar refractivity (Wildman–Crippen MR) is 133 cm³/mol. The minimum absolute atomic E-state index is 0.261. The molecule has 0 unspecified atom stereocenters. The number of hydrogen-bond acceptors (Lipinski definition) is 7. The number of halogens is 1. The van der Waals surface area contributed by atoms with Crippen molar-refractivity contribution < 1.29 is 4.39 Å². The number of fused-ring (bicyclic) bond motifs is 2. The molecule has 36 heavy (non-hydrogen) atoms. The van der Waals surface area contributed by atoms with Gasteiger partial charge in [-0.1, -0.05) is 12.1 Å². The highest BCUT2D eigenvalue weighted by molar-refractivity contribution is 5.61. The second-order valence-electron chi connectivity index (χ2n) is 9.72. The van der Waals surface area contributed by atoms with Gasteiger partial charge in [0.25, 0.3) is 5.78 Å². The highest BCUT2D eigenvalue weighted by Gasteiger charge is 2.44. The normalized spacial score (nSPS) is 16.0. The van der Waals surface area contributed by atoms with Crippen molar-refractivity contribution in [3.05, 3.63) is 75.3 Å². The molecule has 0 atom stereocenters. The molecule has 9 nitrogen and oxygen atoms in total. The number of aromatic nitrogens is 5. The van der Waals surface area contributed by atoms with Gasteiger partial charge in [0, 0.05) is 36.5 Å². The first-order chi connectivity index (χ1) is 17.4. The van der Waals surface area contributed by atoms with E-state index < -0.39 is 5.41 Å². The molecular weight excluding hydrogens is 459 g/mol. The van der Waals surface area contributed by atoms with Crippen LogP contribution in [0.2, 0.25) is 0 Å². The highest BCUT2D eigenvalue weighted by atomic mass is 19.1. The van der Waals surface area contributed by atoms with Crippen LogP contribution < -0.4 is 15.9 Å². The standard InChI is InChI=1S/C26H25FN8O/c1-16-17(2)35-24(32-34(25(35)36)15-26(14-28)8-9-26)31-23(16)33-10-7-21-18(13-33)11-19(12-29-21)30-22-6-4-3-5-20(22)27/h3-6,11-12,30H,7-10,13,15H2,1-2H3. The first-order valence-electron chi connectivity index (χ1n) is 12.0. The molecule has 0 radical (unpaired) electrons. The van der Waals surface area contributed by atoms with E-state index in [0.29, 0.717) is 30.2 Å². The van der Waals surface area contributed by atoms with E-state index in [1.165, 1.54) is 15.1 Å². The molecule has 1 aliphatic carbocycles. The van der Waals surface area contributed by atoms with E-state index in [4.69, 9.17) is 4.98 Å². The van der Waals surface area contributed by atoms with Gasteiger partial charge in [0.2, 0.25) is 0 Å². The van der Waals surface area contributed by atoms with Crippen LogP contribution in [-0.4, -0.2) is 30.7 Å². The Bertz CT molecular complexity index is 1610. The lowest BCUT2D eigenvalue weighted by atomic mass is 10.0. The zero-order chi connectivity index (χ0) is 25.0. The summed E-state index contributed by atoms with van der Waals surface area (Å²) in [6, 6.07) is 10.9. The second-order valence-corrected chi connectivity index (χ2v) is 9.72. The largest absolute Gasteiger partial charge is 0.352 e. The molecule has 1 aromatic carbocycles. The SMILES string of the molecule is Cc1c(N2CCc3ncc(Nc4ccccc4F)cc3C2)nc2nn(CC3(C#N)CC3)c(=O)n2c1C. The Morgan fingerprint density at radius 2 is 2.06 bits per heavy atom. The first kappa shape index (κ1) is 22.2. The molecule has 182 valence electrons. The number of nitriles is 1. The Labute approximate surface area is 206 Å². The summed E-state index contributed by atoms with van der Waals surface area (Å²) in [5, 5.41) is 17.0. The number of nitrogens with one attached hydrogen (secondary N) is 1. The molecule has 0 amide bonds. The van der Waals surface area contributed by atoms with Crippen LogP contribution in [0.1, 0.15) is 35.4 Å². The fourth-order valence-corrected chi connectivity index (χ4v) is 4.82. The number of hydrogen-bond donors (Lipinski definition) is 1. The van der Waals surface area contributed by atoms with Gasteiger partial charge in [-0.3, -0.25) is 4.98 Å². The predicted octanol–water partition coefficient (Wildman–Crippen LogP) is 3.65. The van der Waals surface area contributed by atoms with Crippen molar-refractivity contribution in [2.24, 2.45) is 5.41 Å². The van der Waals surface area contributed by atoms with Crippen LogP contribution in [0.25, 0.3) is 5.78 Å². The zero-order valence-electron chi connectivity index (χ0n) is 20.1. The Kier molecular flexibility index (Phi) is 5.03. The maximum Gasteiger partial charge on any atom is 0.351 e. The van der Waals surface area contributed by atoms with Gasteiger partial charge in [-0.05, 0) is 50.5 Å². The summed E-state index contributed by atoms with van der Waals surface area (Å²) in [6.45, 7) is 5.46. The summed E-state index contributed by atoms with van der Waals surface area (Å²) in [7, 11) is 0. The Morgan fingerprint density at radius 3 is 2.81 bits per heavy atom. The molecule has 1 saturated carbocycles. The molecule has 0 spiro atoms. The molecule has 10 heteroatoms. The number of nitrogens with zero attached hydrogens (tertiary/aromatic N) is 7. The molecule has 4 heterocycles. The maximum absolute atomic E-state index is 14.1. The molecule has 2 aliphatic rings. The van der Waals surface area contributed by atoms with Crippen LogP contribution in [0.4, 0.5) is 21.6 Å². The maximum atomic E-state index is 14.1. The third kappa shape index (κ3) is 3.68. The van der Waals surface area contributed by atoms with E-state index in [-0.39, 0.29) is 11.5 Å². The van der Waals surface area contributed by atoms with E-state index >= 15 is 0 Å². The van der Waals surface area contributed by atoms with E-state index in [0.717, 1.165) is 54.1 Å². The lowest BCUT2D eigenvalue weighted by molar-refractivity contribution is 0.472. The number of aryl methyl sites for hydroxylation is 1. The Balaban J connectivity index is 1.32. The van der Waals surface area contributed by atoms with Crippen LogP contribution in [0.15, 0.2) is 41.3 Å². The average molecular weight is 485 g/mol. The van der Waals surface area contributed by atoms with E-state index in [9.17, 15) is 14.4 Å². The highest BCUT2D eigenvalue weighted by Crippen LogP contribution is 2.46. The first-order valence-corrected chi connectivity index (χ1v) is 12.0. The van der Waals surface area contributed by atoms with Gasteiger partial charge in [-0.15, -0.1) is 5.10 Å². The van der Waals surface area contributed by atoms with Gasteiger partial charge < -0.3 is 10.2 Å². The molecule has 3 aromatic heterocycles. The molecule has 6 rings (SSSR count). The number of pyridine rings is 1. The summed E-state index contributed by atoms with van der Waals surface area (Å²) in [5.74, 6) is 0.792. The van der Waals surface area contributed by atoms with Gasteiger partial charge in [-0.25, -0.2) is 18.3 Å². The minimum Gasteiger partial charge on any atom is -0.352 e. The number of benzene rings is 1. The third-order valence-electron chi connectivity index (χ3n) is 7.28.